The van der Waals surface area contributed by atoms with Crippen LogP contribution in [0.3, 0.4) is 0 Å². The molecule has 1 unspecified atom stereocenters. The average molecular weight is 324 g/mol. The molecule has 1 aliphatic rings. The third-order valence-electron chi connectivity index (χ3n) is 3.90. The highest BCUT2D eigenvalue weighted by atomic mass is 16.4. The molecule has 0 radical (unpaired) electrons. The Balaban J connectivity index is 1.70. The number of hydrogen-bond acceptors (Lipinski definition) is 3. The molecule has 0 saturated heterocycles. The number of carboxylic acids is 1. The number of anilines is 2. The van der Waals surface area contributed by atoms with Crippen molar-refractivity contribution in [1.29, 1.82) is 0 Å². The Morgan fingerprint density at radius 3 is 2.62 bits per heavy atom. The molecular weight excluding hydrogens is 308 g/mol. The number of rotatable bonds is 5. The molecule has 1 heterocycles. The van der Waals surface area contributed by atoms with Gasteiger partial charge in [0.25, 0.3) is 0 Å². The van der Waals surface area contributed by atoms with Crippen molar-refractivity contribution in [3.63, 3.8) is 0 Å². The van der Waals surface area contributed by atoms with Crippen molar-refractivity contribution >= 4 is 29.2 Å². The summed E-state index contributed by atoms with van der Waals surface area (Å²) in [5.41, 5.74) is 2.69. The third-order valence-corrected chi connectivity index (χ3v) is 3.90. The minimum absolute atomic E-state index is 0.0801. The second-order valence-corrected chi connectivity index (χ2v) is 5.65. The van der Waals surface area contributed by atoms with E-state index in [1.54, 1.807) is 48.5 Å². The van der Waals surface area contributed by atoms with Crippen LogP contribution < -0.4 is 10.6 Å². The number of carbonyl (C=O) groups is 3. The van der Waals surface area contributed by atoms with Crippen LogP contribution in [0.4, 0.5) is 11.4 Å². The van der Waals surface area contributed by atoms with Crippen molar-refractivity contribution in [3.8, 4) is 0 Å². The molecule has 0 spiro atoms. The molecule has 0 fully saturated rings. The van der Waals surface area contributed by atoms with Crippen molar-refractivity contribution in [2.24, 2.45) is 0 Å². The lowest BCUT2D eigenvalue weighted by atomic mass is 9.95. The second kappa shape index (κ2) is 6.54. The summed E-state index contributed by atoms with van der Waals surface area (Å²) in [6.45, 7) is 0. The molecule has 6 nitrogen and oxygen atoms in total. The van der Waals surface area contributed by atoms with E-state index in [0.29, 0.717) is 11.3 Å². The predicted molar refractivity (Wildman–Crippen MR) is 88.8 cm³/mol. The van der Waals surface area contributed by atoms with Crippen LogP contribution in [-0.4, -0.2) is 22.9 Å². The fourth-order valence-corrected chi connectivity index (χ4v) is 2.74. The molecule has 122 valence electrons. The van der Waals surface area contributed by atoms with E-state index in [1.165, 1.54) is 0 Å². The largest absolute Gasteiger partial charge is 0.481 e. The van der Waals surface area contributed by atoms with Gasteiger partial charge in [-0.2, -0.15) is 0 Å². The first kappa shape index (κ1) is 15.7. The normalized spacial score (nSPS) is 13.8. The van der Waals surface area contributed by atoms with Gasteiger partial charge < -0.3 is 15.7 Å². The van der Waals surface area contributed by atoms with E-state index in [2.05, 4.69) is 10.6 Å². The van der Waals surface area contributed by atoms with Gasteiger partial charge in [0.1, 0.15) is 0 Å². The van der Waals surface area contributed by atoms with Crippen molar-refractivity contribution in [3.05, 3.63) is 59.7 Å². The van der Waals surface area contributed by atoms with Gasteiger partial charge in [-0.3, -0.25) is 14.4 Å². The van der Waals surface area contributed by atoms with E-state index in [4.69, 9.17) is 0 Å². The predicted octanol–water partition coefficient (Wildman–Crippen LogP) is 2.38. The molecule has 3 rings (SSSR count). The molecule has 24 heavy (non-hydrogen) atoms. The van der Waals surface area contributed by atoms with Gasteiger partial charge >= 0.3 is 5.97 Å². The summed E-state index contributed by atoms with van der Waals surface area (Å²) < 4.78 is 0. The smallest absolute Gasteiger partial charge is 0.311 e. The first-order chi connectivity index (χ1) is 11.5. The van der Waals surface area contributed by atoms with Crippen LogP contribution in [0.5, 0.6) is 0 Å². The quantitative estimate of drug-likeness (QED) is 0.787. The average Bonchev–Trinajstić information content (AvgIpc) is 2.92. The molecular formula is C18H16N2O4. The summed E-state index contributed by atoms with van der Waals surface area (Å²) in [6.07, 6.45) is 0.119. The summed E-state index contributed by atoms with van der Waals surface area (Å²) in [4.78, 5) is 35.0. The fourth-order valence-electron chi connectivity index (χ4n) is 2.74. The number of carbonyl (C=O) groups excluding carboxylic acids is 2. The van der Waals surface area contributed by atoms with Crippen LogP contribution in [0.25, 0.3) is 0 Å². The Labute approximate surface area is 138 Å². The Bertz CT molecular complexity index is 802. The minimum atomic E-state index is -1.04. The van der Waals surface area contributed by atoms with E-state index in [0.717, 1.165) is 11.3 Å². The van der Waals surface area contributed by atoms with Gasteiger partial charge in [0.05, 0.1) is 12.3 Å². The molecule has 2 amide bonds. The van der Waals surface area contributed by atoms with Gasteiger partial charge in [0, 0.05) is 17.8 Å². The highest BCUT2D eigenvalue weighted by molar-refractivity contribution is 6.00. The lowest BCUT2D eigenvalue weighted by Crippen LogP contribution is -2.20. The lowest BCUT2D eigenvalue weighted by molar-refractivity contribution is -0.140. The molecule has 6 heteroatoms. The van der Waals surface area contributed by atoms with Crippen LogP contribution in [0.15, 0.2) is 48.5 Å². The van der Waals surface area contributed by atoms with Gasteiger partial charge in [0.2, 0.25) is 11.8 Å². The minimum Gasteiger partial charge on any atom is -0.481 e. The summed E-state index contributed by atoms with van der Waals surface area (Å²) in [7, 11) is 0. The zero-order valence-corrected chi connectivity index (χ0v) is 12.8. The Morgan fingerprint density at radius 2 is 1.92 bits per heavy atom. The van der Waals surface area contributed by atoms with E-state index < -0.39 is 11.9 Å². The topological polar surface area (TPSA) is 95.5 Å². The van der Waals surface area contributed by atoms with Crippen LogP contribution in [0.2, 0.25) is 0 Å². The monoisotopic (exact) mass is 324 g/mol. The Hall–Kier alpha value is -3.15. The number of carboxylic acid groups (broad SMARTS) is 1. The number of amides is 2. The van der Waals surface area contributed by atoms with Gasteiger partial charge in [-0.05, 0) is 29.3 Å². The van der Waals surface area contributed by atoms with Gasteiger partial charge in [-0.1, -0.05) is 30.3 Å². The Kier molecular flexibility index (Phi) is 4.29. The molecule has 3 N–H and O–H groups in total. The van der Waals surface area contributed by atoms with Gasteiger partial charge in [-0.15, -0.1) is 0 Å². The molecule has 0 aliphatic carbocycles. The highest BCUT2D eigenvalue weighted by Crippen LogP contribution is 2.27. The summed E-state index contributed by atoms with van der Waals surface area (Å²) in [5.74, 6) is -2.41. The van der Waals surface area contributed by atoms with Crippen LogP contribution in [0, 0.1) is 0 Å². The van der Waals surface area contributed by atoms with E-state index in [9.17, 15) is 19.5 Å². The summed E-state index contributed by atoms with van der Waals surface area (Å²) in [5, 5.41) is 14.8. The molecule has 0 aromatic heterocycles. The molecule has 2 aromatic rings. The second-order valence-electron chi connectivity index (χ2n) is 5.65. The third kappa shape index (κ3) is 3.43. The van der Waals surface area contributed by atoms with Crippen molar-refractivity contribution in [2.75, 3.05) is 10.6 Å². The number of hydrogen-bond donors (Lipinski definition) is 3. The zero-order valence-electron chi connectivity index (χ0n) is 12.8. The molecule has 0 saturated carbocycles. The maximum atomic E-state index is 12.2. The summed E-state index contributed by atoms with van der Waals surface area (Å²) in [6, 6.07) is 13.8. The molecule has 1 atom stereocenters. The van der Waals surface area contributed by atoms with Crippen LogP contribution in [0.1, 0.15) is 23.5 Å². The van der Waals surface area contributed by atoms with Gasteiger partial charge in [0.15, 0.2) is 0 Å². The van der Waals surface area contributed by atoms with E-state index in [-0.39, 0.29) is 24.7 Å². The Morgan fingerprint density at radius 1 is 1.17 bits per heavy atom. The van der Waals surface area contributed by atoms with Crippen molar-refractivity contribution < 1.29 is 19.5 Å². The van der Waals surface area contributed by atoms with E-state index >= 15 is 0 Å². The van der Waals surface area contributed by atoms with Crippen molar-refractivity contribution in [2.45, 2.75) is 18.8 Å². The molecule has 1 aliphatic heterocycles. The SMILES string of the molecule is O=C(CC(C(=O)O)c1ccccc1)Nc1ccc2c(c1)CC(=O)N2. The van der Waals surface area contributed by atoms with E-state index in [1.807, 2.05) is 0 Å². The number of aliphatic carboxylic acids is 1. The first-order valence-electron chi connectivity index (χ1n) is 7.53. The number of benzene rings is 2. The molecule has 2 aromatic carbocycles. The lowest BCUT2D eigenvalue weighted by Gasteiger charge is -2.13. The van der Waals surface area contributed by atoms with Crippen molar-refractivity contribution in [1.82, 2.24) is 0 Å². The zero-order chi connectivity index (χ0) is 17.1. The molecule has 0 bridgehead atoms. The number of nitrogens with one attached hydrogen (secondary N) is 2. The highest BCUT2D eigenvalue weighted by Gasteiger charge is 2.23. The van der Waals surface area contributed by atoms with Gasteiger partial charge in [-0.25, -0.2) is 0 Å². The maximum absolute atomic E-state index is 12.2. The van der Waals surface area contributed by atoms with Crippen LogP contribution in [-0.2, 0) is 20.8 Å². The standard InChI is InChI=1S/C18H16N2O4/c21-16-9-12-8-13(6-7-15(12)20-16)19-17(22)10-14(18(23)24)11-4-2-1-3-5-11/h1-8,14H,9-10H2,(H,19,22)(H,20,21)(H,23,24). The fraction of sp³-hybridized carbons (Fsp3) is 0.167. The summed E-state index contributed by atoms with van der Waals surface area (Å²) >= 11 is 0. The maximum Gasteiger partial charge on any atom is 0.311 e. The number of fused-ring (bicyclic) bond motifs is 1. The first-order valence-corrected chi connectivity index (χ1v) is 7.53. The van der Waals surface area contributed by atoms with Crippen LogP contribution >= 0.6 is 0 Å².